The number of hydrogen-bond donors (Lipinski definition) is 2. The molecular formula is C13H16N4O2. The molecule has 0 aliphatic carbocycles. The van der Waals surface area contributed by atoms with Crippen LogP contribution < -0.4 is 20.5 Å². The number of nitrogen functional groups attached to an aromatic ring is 1. The van der Waals surface area contributed by atoms with Gasteiger partial charge in [-0.05, 0) is 19.1 Å². The third-order valence-corrected chi connectivity index (χ3v) is 2.35. The van der Waals surface area contributed by atoms with Crippen LogP contribution in [0.4, 0.5) is 17.5 Å². The summed E-state index contributed by atoms with van der Waals surface area (Å²) in [5, 5.41) is 3.13. The van der Waals surface area contributed by atoms with Gasteiger partial charge in [-0.15, -0.1) is 0 Å². The summed E-state index contributed by atoms with van der Waals surface area (Å²) in [7, 11) is 1.53. The molecule has 1 aromatic heterocycles. The monoisotopic (exact) mass is 260 g/mol. The first-order valence-electron chi connectivity index (χ1n) is 5.89. The molecule has 0 aliphatic heterocycles. The van der Waals surface area contributed by atoms with Crippen LogP contribution in [0.3, 0.4) is 0 Å². The lowest BCUT2D eigenvalue weighted by Gasteiger charge is -2.09. The highest BCUT2D eigenvalue weighted by Gasteiger charge is 2.03. The maximum atomic E-state index is 5.60. The molecule has 1 heterocycles. The number of nitrogens with zero attached hydrogens (tertiary/aromatic N) is 2. The normalized spacial score (nSPS) is 10.0. The van der Waals surface area contributed by atoms with Crippen LogP contribution in [0.2, 0.25) is 0 Å². The molecule has 2 aromatic rings. The van der Waals surface area contributed by atoms with Crippen molar-refractivity contribution in [3.8, 4) is 11.6 Å². The van der Waals surface area contributed by atoms with Gasteiger partial charge in [0.2, 0.25) is 11.8 Å². The molecule has 3 N–H and O–H groups in total. The Morgan fingerprint density at radius 2 is 2.11 bits per heavy atom. The Bertz CT molecular complexity index is 560. The van der Waals surface area contributed by atoms with Crippen molar-refractivity contribution in [2.75, 3.05) is 24.8 Å². The second-order valence-electron chi connectivity index (χ2n) is 3.74. The van der Waals surface area contributed by atoms with E-state index in [9.17, 15) is 0 Å². The molecule has 0 atom stereocenters. The van der Waals surface area contributed by atoms with Crippen molar-refractivity contribution in [1.82, 2.24) is 9.97 Å². The minimum atomic E-state index is 0.155. The number of methoxy groups -OCH3 is 1. The van der Waals surface area contributed by atoms with E-state index in [2.05, 4.69) is 15.3 Å². The quantitative estimate of drug-likeness (QED) is 0.857. The summed E-state index contributed by atoms with van der Waals surface area (Å²) in [5.41, 5.74) is 6.45. The van der Waals surface area contributed by atoms with Crippen LogP contribution in [0.5, 0.6) is 11.6 Å². The van der Waals surface area contributed by atoms with Gasteiger partial charge in [-0.1, -0.05) is 6.07 Å². The fourth-order valence-electron chi connectivity index (χ4n) is 1.59. The van der Waals surface area contributed by atoms with E-state index in [4.69, 9.17) is 15.2 Å². The zero-order valence-corrected chi connectivity index (χ0v) is 10.9. The molecule has 0 unspecified atom stereocenters. The molecule has 6 nitrogen and oxygen atoms in total. The molecule has 0 spiro atoms. The molecule has 0 bridgehead atoms. The van der Waals surface area contributed by atoms with Crippen LogP contribution in [-0.2, 0) is 0 Å². The Labute approximate surface area is 111 Å². The van der Waals surface area contributed by atoms with Gasteiger partial charge in [-0.25, -0.2) is 0 Å². The summed E-state index contributed by atoms with van der Waals surface area (Å²) in [4.78, 5) is 8.01. The second kappa shape index (κ2) is 5.90. The summed E-state index contributed by atoms with van der Waals surface area (Å²) >= 11 is 0. The maximum Gasteiger partial charge on any atom is 0.225 e. The lowest BCUT2D eigenvalue weighted by atomic mass is 10.3. The van der Waals surface area contributed by atoms with Crippen molar-refractivity contribution >= 4 is 17.5 Å². The van der Waals surface area contributed by atoms with Crippen LogP contribution in [0.25, 0.3) is 0 Å². The largest absolute Gasteiger partial charge is 0.494 e. The van der Waals surface area contributed by atoms with Crippen molar-refractivity contribution in [1.29, 1.82) is 0 Å². The van der Waals surface area contributed by atoms with Crippen LogP contribution in [-0.4, -0.2) is 23.7 Å². The molecule has 1 aromatic carbocycles. The van der Waals surface area contributed by atoms with E-state index in [1.165, 1.54) is 7.11 Å². The van der Waals surface area contributed by atoms with Crippen molar-refractivity contribution in [2.24, 2.45) is 0 Å². The first kappa shape index (κ1) is 12.9. The van der Waals surface area contributed by atoms with E-state index in [1.54, 1.807) is 6.07 Å². The first-order valence-corrected chi connectivity index (χ1v) is 5.89. The molecule has 0 saturated carbocycles. The SMILES string of the molecule is CCOc1cccc(Nc2cc(OC)nc(N)n2)c1. The molecule has 100 valence electrons. The van der Waals surface area contributed by atoms with Crippen LogP contribution in [0.1, 0.15) is 6.92 Å². The number of rotatable bonds is 5. The van der Waals surface area contributed by atoms with Crippen LogP contribution in [0.15, 0.2) is 30.3 Å². The number of benzene rings is 1. The number of nitrogens with one attached hydrogen (secondary N) is 1. The molecule has 0 aliphatic rings. The second-order valence-corrected chi connectivity index (χ2v) is 3.74. The highest BCUT2D eigenvalue weighted by atomic mass is 16.5. The third kappa shape index (κ3) is 3.48. The Morgan fingerprint density at radius 1 is 1.26 bits per heavy atom. The van der Waals surface area contributed by atoms with Gasteiger partial charge >= 0.3 is 0 Å². The summed E-state index contributed by atoms with van der Waals surface area (Å²) in [6, 6.07) is 9.25. The molecule has 0 amide bonds. The predicted octanol–water partition coefficient (Wildman–Crippen LogP) is 2.21. The molecule has 19 heavy (non-hydrogen) atoms. The van der Waals surface area contributed by atoms with E-state index in [0.717, 1.165) is 11.4 Å². The van der Waals surface area contributed by atoms with Gasteiger partial charge in [-0.3, -0.25) is 0 Å². The van der Waals surface area contributed by atoms with E-state index in [-0.39, 0.29) is 5.95 Å². The van der Waals surface area contributed by atoms with Crippen molar-refractivity contribution < 1.29 is 9.47 Å². The molecule has 6 heteroatoms. The fourth-order valence-corrected chi connectivity index (χ4v) is 1.59. The first-order chi connectivity index (χ1) is 9.21. The Hall–Kier alpha value is -2.50. The zero-order chi connectivity index (χ0) is 13.7. The smallest absolute Gasteiger partial charge is 0.225 e. The van der Waals surface area contributed by atoms with E-state index in [0.29, 0.717) is 18.3 Å². The van der Waals surface area contributed by atoms with Gasteiger partial charge in [0, 0.05) is 17.8 Å². The van der Waals surface area contributed by atoms with E-state index >= 15 is 0 Å². The van der Waals surface area contributed by atoms with Crippen molar-refractivity contribution in [3.05, 3.63) is 30.3 Å². The standard InChI is InChI=1S/C13H16N4O2/c1-3-19-10-6-4-5-9(7-10)15-11-8-12(18-2)17-13(14)16-11/h4-8H,3H2,1-2H3,(H3,14,15,16,17). The highest BCUT2D eigenvalue weighted by Crippen LogP contribution is 2.22. The van der Waals surface area contributed by atoms with Gasteiger partial charge in [0.05, 0.1) is 13.7 Å². The predicted molar refractivity (Wildman–Crippen MR) is 73.9 cm³/mol. The topological polar surface area (TPSA) is 82.3 Å². The number of hydrogen-bond acceptors (Lipinski definition) is 6. The highest BCUT2D eigenvalue weighted by molar-refractivity contribution is 5.59. The average Bonchev–Trinajstić information content (AvgIpc) is 2.39. The van der Waals surface area contributed by atoms with Crippen molar-refractivity contribution in [3.63, 3.8) is 0 Å². The molecule has 2 rings (SSSR count). The zero-order valence-electron chi connectivity index (χ0n) is 10.9. The lowest BCUT2D eigenvalue weighted by molar-refractivity contribution is 0.340. The summed E-state index contributed by atoms with van der Waals surface area (Å²) in [5.74, 6) is 1.93. The summed E-state index contributed by atoms with van der Waals surface area (Å²) < 4.78 is 10.5. The van der Waals surface area contributed by atoms with Crippen LogP contribution >= 0.6 is 0 Å². The lowest BCUT2D eigenvalue weighted by Crippen LogP contribution is -2.02. The number of aromatic nitrogens is 2. The summed E-state index contributed by atoms with van der Waals surface area (Å²) in [6.45, 7) is 2.56. The summed E-state index contributed by atoms with van der Waals surface area (Å²) in [6.07, 6.45) is 0. The number of ether oxygens (including phenoxy) is 2. The van der Waals surface area contributed by atoms with E-state index < -0.39 is 0 Å². The van der Waals surface area contributed by atoms with Crippen LogP contribution in [0, 0.1) is 0 Å². The fraction of sp³-hybridized carbons (Fsp3) is 0.231. The Kier molecular flexibility index (Phi) is 4.02. The van der Waals surface area contributed by atoms with Gasteiger partial charge in [0.1, 0.15) is 11.6 Å². The van der Waals surface area contributed by atoms with E-state index in [1.807, 2.05) is 31.2 Å². The van der Waals surface area contributed by atoms with Gasteiger partial charge in [0.25, 0.3) is 0 Å². The maximum absolute atomic E-state index is 5.60. The Morgan fingerprint density at radius 3 is 2.84 bits per heavy atom. The molecular weight excluding hydrogens is 244 g/mol. The minimum absolute atomic E-state index is 0.155. The van der Waals surface area contributed by atoms with Crippen molar-refractivity contribution in [2.45, 2.75) is 6.92 Å². The third-order valence-electron chi connectivity index (χ3n) is 2.35. The Balaban J connectivity index is 2.20. The average molecular weight is 260 g/mol. The number of anilines is 3. The molecule has 0 fully saturated rings. The molecule has 0 saturated heterocycles. The number of nitrogens with two attached hydrogens (primary N) is 1. The minimum Gasteiger partial charge on any atom is -0.494 e. The van der Waals surface area contributed by atoms with Gasteiger partial charge in [0.15, 0.2) is 0 Å². The molecule has 0 radical (unpaired) electrons. The van der Waals surface area contributed by atoms with Gasteiger partial charge < -0.3 is 20.5 Å². The van der Waals surface area contributed by atoms with Gasteiger partial charge in [-0.2, -0.15) is 9.97 Å².